The minimum Gasteiger partial charge on any atom is -0.382 e. The van der Waals surface area contributed by atoms with Crippen LogP contribution in [0.25, 0.3) is 0 Å². The Kier molecular flexibility index (Phi) is 4.07. The Balaban J connectivity index is 1.55. The monoisotopic (exact) mass is 259 g/mol. The second-order valence-electron chi connectivity index (χ2n) is 6.26. The van der Waals surface area contributed by atoms with Crippen LogP contribution in [0, 0.1) is 0 Å². The molecular weight excluding hydrogens is 232 g/mol. The molecule has 1 aromatic carbocycles. The Bertz CT molecular complexity index is 419. The smallest absolute Gasteiger partial charge is 0.0790 e. The Morgan fingerprint density at radius 3 is 2.74 bits per heavy atom. The highest BCUT2D eigenvalue weighted by molar-refractivity contribution is 5.50. The summed E-state index contributed by atoms with van der Waals surface area (Å²) in [6.45, 7) is 6.33. The van der Waals surface area contributed by atoms with Crippen LogP contribution in [-0.2, 0) is 12.8 Å². The third-order valence-electron chi connectivity index (χ3n) is 4.77. The molecule has 3 rings (SSSR count). The fraction of sp³-hybridized carbons (Fsp3) is 0.647. The average Bonchev–Trinajstić information content (AvgIpc) is 2.89. The number of quaternary nitrogens is 1. The van der Waals surface area contributed by atoms with Gasteiger partial charge in [-0.15, -0.1) is 0 Å². The van der Waals surface area contributed by atoms with E-state index in [1.54, 1.807) is 16.0 Å². The van der Waals surface area contributed by atoms with Gasteiger partial charge in [0, 0.05) is 24.6 Å². The highest BCUT2D eigenvalue weighted by atomic mass is 15.1. The van der Waals surface area contributed by atoms with E-state index in [0.717, 1.165) is 0 Å². The van der Waals surface area contributed by atoms with Gasteiger partial charge in [-0.1, -0.05) is 13.0 Å². The number of rotatable bonds is 4. The van der Waals surface area contributed by atoms with E-state index in [1.165, 1.54) is 63.8 Å². The molecule has 0 bridgehead atoms. The molecule has 104 valence electrons. The summed E-state index contributed by atoms with van der Waals surface area (Å²) < 4.78 is 0. The lowest BCUT2D eigenvalue weighted by Crippen LogP contribution is -3.13. The zero-order chi connectivity index (χ0) is 13.1. The lowest BCUT2D eigenvalue weighted by atomic mass is 10.0. The van der Waals surface area contributed by atoms with Crippen LogP contribution in [0.1, 0.15) is 43.7 Å². The number of piperidine rings is 1. The summed E-state index contributed by atoms with van der Waals surface area (Å²) in [5.74, 6) is 0. The van der Waals surface area contributed by atoms with Crippen molar-refractivity contribution in [3.8, 4) is 0 Å². The minimum atomic E-state index is 0.694. The molecule has 1 aliphatic heterocycles. The van der Waals surface area contributed by atoms with E-state index >= 15 is 0 Å². The van der Waals surface area contributed by atoms with Crippen LogP contribution in [0.5, 0.6) is 0 Å². The minimum absolute atomic E-state index is 0.694. The number of likely N-dealkylation sites (tertiary alicyclic amines) is 1. The molecule has 1 aliphatic carbocycles. The molecule has 0 radical (unpaired) electrons. The van der Waals surface area contributed by atoms with E-state index < -0.39 is 0 Å². The fourth-order valence-electron chi connectivity index (χ4n) is 3.67. The summed E-state index contributed by atoms with van der Waals surface area (Å²) in [7, 11) is 0. The van der Waals surface area contributed by atoms with E-state index in [9.17, 15) is 0 Å². The maximum Gasteiger partial charge on any atom is 0.0790 e. The predicted molar refractivity (Wildman–Crippen MR) is 81.0 cm³/mol. The van der Waals surface area contributed by atoms with Crippen LogP contribution >= 0.6 is 0 Å². The molecule has 1 aromatic rings. The number of fused-ring (bicyclic) bond motifs is 1. The third-order valence-corrected chi connectivity index (χ3v) is 4.77. The lowest BCUT2D eigenvalue weighted by molar-refractivity contribution is -0.905. The quantitative estimate of drug-likeness (QED) is 0.846. The van der Waals surface area contributed by atoms with Gasteiger partial charge in [0.05, 0.1) is 19.6 Å². The van der Waals surface area contributed by atoms with Gasteiger partial charge in [-0.2, -0.15) is 0 Å². The first-order chi connectivity index (χ1) is 9.35. The van der Waals surface area contributed by atoms with Crippen LogP contribution < -0.4 is 10.2 Å². The van der Waals surface area contributed by atoms with Crippen molar-refractivity contribution in [1.29, 1.82) is 0 Å². The first-order valence-electron chi connectivity index (χ1n) is 8.07. The molecule has 2 aliphatic rings. The highest BCUT2D eigenvalue weighted by Gasteiger charge is 2.21. The van der Waals surface area contributed by atoms with E-state index in [0.29, 0.717) is 6.04 Å². The number of hydrogen-bond acceptors (Lipinski definition) is 1. The van der Waals surface area contributed by atoms with E-state index in [4.69, 9.17) is 0 Å². The van der Waals surface area contributed by atoms with Crippen LogP contribution in [0.4, 0.5) is 5.69 Å². The van der Waals surface area contributed by atoms with Crippen molar-refractivity contribution >= 4 is 5.69 Å². The summed E-state index contributed by atoms with van der Waals surface area (Å²) in [5, 5.41) is 3.76. The van der Waals surface area contributed by atoms with E-state index in [1.807, 2.05) is 0 Å². The van der Waals surface area contributed by atoms with Gasteiger partial charge in [0.15, 0.2) is 0 Å². The molecule has 1 saturated heterocycles. The van der Waals surface area contributed by atoms with Crippen LogP contribution in [0.2, 0.25) is 0 Å². The Labute approximate surface area is 117 Å². The summed E-state index contributed by atoms with van der Waals surface area (Å²) >= 11 is 0. The standard InChI is InChI=1S/C17H26N2/c1-2-10-19-11-8-16(9-12-19)18-17-7-6-14-4-3-5-15(14)13-17/h6-7,13,16,18H,2-5,8-12H2,1H3/p+1. The summed E-state index contributed by atoms with van der Waals surface area (Å²) in [6.07, 6.45) is 7.88. The zero-order valence-corrected chi connectivity index (χ0v) is 12.2. The fourth-order valence-corrected chi connectivity index (χ4v) is 3.67. The highest BCUT2D eigenvalue weighted by Crippen LogP contribution is 2.25. The van der Waals surface area contributed by atoms with Crippen molar-refractivity contribution in [1.82, 2.24) is 0 Å². The van der Waals surface area contributed by atoms with Crippen LogP contribution in [0.15, 0.2) is 18.2 Å². The van der Waals surface area contributed by atoms with Gasteiger partial charge in [-0.3, -0.25) is 0 Å². The van der Waals surface area contributed by atoms with Crippen LogP contribution in [0.3, 0.4) is 0 Å². The summed E-state index contributed by atoms with van der Waals surface area (Å²) in [4.78, 5) is 1.80. The van der Waals surface area contributed by atoms with Crippen molar-refractivity contribution in [3.63, 3.8) is 0 Å². The molecule has 0 amide bonds. The zero-order valence-electron chi connectivity index (χ0n) is 12.2. The maximum atomic E-state index is 3.76. The molecule has 1 fully saturated rings. The topological polar surface area (TPSA) is 16.5 Å². The van der Waals surface area contributed by atoms with Gasteiger partial charge in [0.2, 0.25) is 0 Å². The van der Waals surface area contributed by atoms with Crippen molar-refractivity contribution in [2.45, 2.75) is 51.5 Å². The average molecular weight is 259 g/mol. The SMILES string of the molecule is CCC[NH+]1CCC(Nc2ccc3c(c2)CCC3)CC1. The van der Waals surface area contributed by atoms with Gasteiger partial charge < -0.3 is 10.2 Å². The Morgan fingerprint density at radius 2 is 1.95 bits per heavy atom. The lowest BCUT2D eigenvalue weighted by Gasteiger charge is -2.30. The Hall–Kier alpha value is -1.02. The molecule has 0 saturated carbocycles. The number of hydrogen-bond donors (Lipinski definition) is 2. The van der Waals surface area contributed by atoms with Crippen molar-refractivity contribution in [3.05, 3.63) is 29.3 Å². The molecule has 0 spiro atoms. The van der Waals surface area contributed by atoms with Gasteiger partial charge in [-0.05, 0) is 48.9 Å². The number of anilines is 1. The number of benzene rings is 1. The molecule has 19 heavy (non-hydrogen) atoms. The summed E-state index contributed by atoms with van der Waals surface area (Å²) in [5.41, 5.74) is 4.51. The molecule has 0 atom stereocenters. The molecule has 1 heterocycles. The molecule has 0 aromatic heterocycles. The number of nitrogens with one attached hydrogen (secondary N) is 2. The van der Waals surface area contributed by atoms with Crippen molar-refractivity contribution < 1.29 is 4.90 Å². The molecule has 2 nitrogen and oxygen atoms in total. The van der Waals surface area contributed by atoms with Gasteiger partial charge in [-0.25, -0.2) is 0 Å². The van der Waals surface area contributed by atoms with Gasteiger partial charge in [0.25, 0.3) is 0 Å². The second kappa shape index (κ2) is 5.96. The Morgan fingerprint density at radius 1 is 1.16 bits per heavy atom. The number of aryl methyl sites for hydroxylation is 2. The largest absolute Gasteiger partial charge is 0.382 e. The predicted octanol–water partition coefficient (Wildman–Crippen LogP) is 2.04. The van der Waals surface area contributed by atoms with Gasteiger partial charge >= 0.3 is 0 Å². The van der Waals surface area contributed by atoms with Crippen molar-refractivity contribution in [2.24, 2.45) is 0 Å². The van der Waals surface area contributed by atoms with E-state index in [2.05, 4.69) is 30.4 Å². The molecule has 2 heteroatoms. The first kappa shape index (κ1) is 13.0. The van der Waals surface area contributed by atoms with Crippen molar-refractivity contribution in [2.75, 3.05) is 25.0 Å². The molecule has 2 N–H and O–H groups in total. The normalized spacial score (nSPS) is 26.2. The van der Waals surface area contributed by atoms with Gasteiger partial charge in [0.1, 0.15) is 0 Å². The molecular formula is C17H27N2+. The van der Waals surface area contributed by atoms with Crippen LogP contribution in [-0.4, -0.2) is 25.7 Å². The summed E-state index contributed by atoms with van der Waals surface area (Å²) in [6, 6.07) is 7.71. The van der Waals surface area contributed by atoms with E-state index in [-0.39, 0.29) is 0 Å². The first-order valence-corrected chi connectivity index (χ1v) is 8.07. The molecule has 0 unspecified atom stereocenters. The maximum absolute atomic E-state index is 3.76. The third kappa shape index (κ3) is 3.11. The second-order valence-corrected chi connectivity index (χ2v) is 6.26.